The van der Waals surface area contributed by atoms with E-state index in [-0.39, 0.29) is 6.10 Å². The monoisotopic (exact) mass is 312 g/mol. The number of nitrogens with one attached hydrogen (secondary N) is 1. The molecule has 0 aromatic carbocycles. The van der Waals surface area contributed by atoms with Gasteiger partial charge in [-0.05, 0) is 19.8 Å². The molecule has 1 N–H and O–H groups in total. The minimum atomic E-state index is 0.0451. The third-order valence-electron chi connectivity index (χ3n) is 4.05. The fourth-order valence-electron chi connectivity index (χ4n) is 2.86. The van der Waals surface area contributed by atoms with Gasteiger partial charge in [0.25, 0.3) is 0 Å². The molecule has 2 aromatic heterocycles. The van der Waals surface area contributed by atoms with Crippen molar-refractivity contribution >= 4 is 5.82 Å². The zero-order chi connectivity index (χ0) is 16.1. The van der Waals surface area contributed by atoms with Crippen LogP contribution in [0.25, 0.3) is 0 Å². The van der Waals surface area contributed by atoms with Crippen LogP contribution in [0.4, 0.5) is 5.82 Å². The zero-order valence-electron chi connectivity index (χ0n) is 13.1. The number of rotatable bonds is 5. The number of nitriles is 1. The third-order valence-corrected chi connectivity index (χ3v) is 4.05. The quantitative estimate of drug-likeness (QED) is 0.910. The Labute approximate surface area is 135 Å². The van der Waals surface area contributed by atoms with E-state index in [1.807, 2.05) is 16.9 Å². The number of hydrogen-bond donors (Lipinski definition) is 1. The van der Waals surface area contributed by atoms with Crippen molar-refractivity contribution in [3.05, 3.63) is 36.0 Å². The van der Waals surface area contributed by atoms with Gasteiger partial charge in [-0.1, -0.05) is 0 Å². The van der Waals surface area contributed by atoms with Crippen molar-refractivity contribution in [2.24, 2.45) is 5.92 Å². The molecule has 120 valence electrons. The van der Waals surface area contributed by atoms with Gasteiger partial charge in [-0.2, -0.15) is 10.4 Å². The van der Waals surface area contributed by atoms with Crippen LogP contribution in [-0.2, 0) is 11.3 Å². The SMILES string of the molecule is CCn1cc([C@@H]2OCCC[C@H]2CNc2cncc(C#N)n2)cn1. The summed E-state index contributed by atoms with van der Waals surface area (Å²) >= 11 is 0. The molecule has 1 aliphatic heterocycles. The molecule has 2 aromatic rings. The predicted octanol–water partition coefficient (Wildman–Crippen LogP) is 2.14. The first-order valence-corrected chi connectivity index (χ1v) is 7.90. The lowest BCUT2D eigenvalue weighted by Crippen LogP contribution is -2.28. The highest BCUT2D eigenvalue weighted by Gasteiger charge is 2.28. The fraction of sp³-hybridized carbons (Fsp3) is 0.500. The van der Waals surface area contributed by atoms with Gasteiger partial charge in [-0.15, -0.1) is 0 Å². The van der Waals surface area contributed by atoms with Crippen molar-refractivity contribution in [2.75, 3.05) is 18.5 Å². The second-order valence-electron chi connectivity index (χ2n) is 5.61. The van der Waals surface area contributed by atoms with Crippen LogP contribution >= 0.6 is 0 Å². The number of hydrogen-bond acceptors (Lipinski definition) is 6. The number of aromatic nitrogens is 4. The molecule has 0 saturated carbocycles. The Morgan fingerprint density at radius 2 is 2.35 bits per heavy atom. The summed E-state index contributed by atoms with van der Waals surface area (Å²) in [6, 6.07) is 2.00. The summed E-state index contributed by atoms with van der Waals surface area (Å²) in [7, 11) is 0. The topological polar surface area (TPSA) is 88.6 Å². The Kier molecular flexibility index (Phi) is 4.83. The first kappa shape index (κ1) is 15.4. The molecule has 3 heterocycles. The Bertz CT molecular complexity index is 692. The minimum Gasteiger partial charge on any atom is -0.373 e. The molecule has 0 amide bonds. The molecule has 0 spiro atoms. The van der Waals surface area contributed by atoms with Gasteiger partial charge in [0.1, 0.15) is 11.9 Å². The lowest BCUT2D eigenvalue weighted by molar-refractivity contribution is -0.0239. The van der Waals surface area contributed by atoms with E-state index in [0.717, 1.165) is 38.1 Å². The smallest absolute Gasteiger partial charge is 0.161 e. The lowest BCUT2D eigenvalue weighted by Gasteiger charge is -2.31. The van der Waals surface area contributed by atoms with Crippen LogP contribution in [0, 0.1) is 17.2 Å². The van der Waals surface area contributed by atoms with Crippen LogP contribution in [0.1, 0.15) is 37.1 Å². The molecule has 23 heavy (non-hydrogen) atoms. The van der Waals surface area contributed by atoms with Crippen molar-refractivity contribution in [3.63, 3.8) is 0 Å². The van der Waals surface area contributed by atoms with Crippen molar-refractivity contribution in [1.29, 1.82) is 5.26 Å². The van der Waals surface area contributed by atoms with E-state index >= 15 is 0 Å². The molecule has 7 heteroatoms. The van der Waals surface area contributed by atoms with E-state index in [2.05, 4.69) is 33.5 Å². The molecule has 0 aliphatic carbocycles. The molecular weight excluding hydrogens is 292 g/mol. The van der Waals surface area contributed by atoms with Gasteiger partial charge in [0, 0.05) is 37.4 Å². The lowest BCUT2D eigenvalue weighted by atomic mass is 9.91. The van der Waals surface area contributed by atoms with Gasteiger partial charge in [0.2, 0.25) is 0 Å². The number of anilines is 1. The van der Waals surface area contributed by atoms with Gasteiger partial charge in [-0.25, -0.2) is 4.98 Å². The summed E-state index contributed by atoms with van der Waals surface area (Å²) in [6.45, 7) is 4.43. The Hall–Kier alpha value is -2.46. The standard InChI is InChI=1S/C16H20N6O/c1-2-22-11-13(8-20-22)16-12(4-3-5-23-16)7-19-15-10-18-9-14(6-17)21-15/h8-12,16H,2-5,7H2,1H3,(H,19,21)/t12-,16+/m0/s1. The van der Waals surface area contributed by atoms with Crippen LogP contribution in [-0.4, -0.2) is 32.9 Å². The van der Waals surface area contributed by atoms with Crippen molar-refractivity contribution in [3.8, 4) is 6.07 Å². The summed E-state index contributed by atoms with van der Waals surface area (Å²) < 4.78 is 7.90. The number of ether oxygens (including phenoxy) is 1. The molecule has 3 rings (SSSR count). The third kappa shape index (κ3) is 3.66. The Balaban J connectivity index is 1.68. The maximum Gasteiger partial charge on any atom is 0.161 e. The molecule has 0 unspecified atom stereocenters. The average molecular weight is 312 g/mol. The van der Waals surface area contributed by atoms with E-state index in [9.17, 15) is 0 Å². The highest BCUT2D eigenvalue weighted by atomic mass is 16.5. The van der Waals surface area contributed by atoms with Gasteiger partial charge < -0.3 is 10.1 Å². The highest BCUT2D eigenvalue weighted by molar-refractivity contribution is 5.34. The molecule has 0 radical (unpaired) electrons. The summed E-state index contributed by atoms with van der Waals surface area (Å²) in [5, 5.41) is 16.5. The van der Waals surface area contributed by atoms with Gasteiger partial charge in [0.15, 0.2) is 5.69 Å². The second-order valence-corrected chi connectivity index (χ2v) is 5.61. The summed E-state index contributed by atoms with van der Waals surface area (Å²) in [5.74, 6) is 0.962. The van der Waals surface area contributed by atoms with E-state index in [4.69, 9.17) is 10.00 Å². The molecule has 1 aliphatic rings. The summed E-state index contributed by atoms with van der Waals surface area (Å²) in [4.78, 5) is 8.22. The van der Waals surface area contributed by atoms with Crippen molar-refractivity contribution in [1.82, 2.24) is 19.7 Å². The van der Waals surface area contributed by atoms with E-state index in [1.165, 1.54) is 6.20 Å². The molecule has 1 saturated heterocycles. The maximum atomic E-state index is 8.89. The molecule has 1 fully saturated rings. The molecule has 2 atom stereocenters. The van der Waals surface area contributed by atoms with Crippen LogP contribution in [0.15, 0.2) is 24.8 Å². The fourth-order valence-corrected chi connectivity index (χ4v) is 2.86. The largest absolute Gasteiger partial charge is 0.373 e. The maximum absolute atomic E-state index is 8.89. The first-order valence-electron chi connectivity index (χ1n) is 7.90. The van der Waals surface area contributed by atoms with Crippen molar-refractivity contribution < 1.29 is 4.74 Å². The normalized spacial score (nSPS) is 20.9. The van der Waals surface area contributed by atoms with E-state index in [0.29, 0.717) is 17.4 Å². The summed E-state index contributed by atoms with van der Waals surface area (Å²) in [5.41, 5.74) is 1.44. The summed E-state index contributed by atoms with van der Waals surface area (Å²) in [6.07, 6.45) is 9.21. The average Bonchev–Trinajstić information content (AvgIpc) is 3.09. The first-order chi connectivity index (χ1) is 11.3. The Morgan fingerprint density at radius 3 is 3.13 bits per heavy atom. The minimum absolute atomic E-state index is 0.0451. The Morgan fingerprint density at radius 1 is 1.43 bits per heavy atom. The van der Waals surface area contributed by atoms with E-state index in [1.54, 1.807) is 6.20 Å². The van der Waals surface area contributed by atoms with Gasteiger partial charge >= 0.3 is 0 Å². The molecular formula is C16H20N6O. The van der Waals surface area contributed by atoms with Gasteiger partial charge in [0.05, 0.1) is 24.7 Å². The van der Waals surface area contributed by atoms with E-state index < -0.39 is 0 Å². The van der Waals surface area contributed by atoms with Crippen LogP contribution < -0.4 is 5.32 Å². The zero-order valence-corrected chi connectivity index (χ0v) is 13.1. The van der Waals surface area contributed by atoms with Gasteiger partial charge in [-0.3, -0.25) is 9.67 Å². The molecule has 0 bridgehead atoms. The van der Waals surface area contributed by atoms with Crippen LogP contribution in [0.5, 0.6) is 0 Å². The predicted molar refractivity (Wildman–Crippen MR) is 84.6 cm³/mol. The molecule has 7 nitrogen and oxygen atoms in total. The number of aryl methyl sites for hydroxylation is 1. The van der Waals surface area contributed by atoms with Crippen LogP contribution in [0.3, 0.4) is 0 Å². The number of nitrogens with zero attached hydrogens (tertiary/aromatic N) is 5. The second kappa shape index (κ2) is 7.20. The highest BCUT2D eigenvalue weighted by Crippen LogP contribution is 2.33. The van der Waals surface area contributed by atoms with Crippen molar-refractivity contribution in [2.45, 2.75) is 32.4 Å². The van der Waals surface area contributed by atoms with Crippen LogP contribution in [0.2, 0.25) is 0 Å².